The first-order valence-corrected chi connectivity index (χ1v) is 9.98. The van der Waals surface area contributed by atoms with Crippen molar-refractivity contribution < 1.29 is 27.6 Å². The molecule has 1 heterocycles. The number of non-ortho nitro benzene ring substituents is 1. The molecule has 2 aromatic carbocycles. The highest BCUT2D eigenvalue weighted by molar-refractivity contribution is 7.92. The predicted molar refractivity (Wildman–Crippen MR) is 103 cm³/mol. The van der Waals surface area contributed by atoms with Crippen LogP contribution in [0.1, 0.15) is 12.0 Å². The molecule has 0 aliphatic carbocycles. The average Bonchev–Trinajstić information content (AvgIpc) is 2.65. The van der Waals surface area contributed by atoms with Crippen LogP contribution in [0.3, 0.4) is 0 Å². The minimum absolute atomic E-state index is 0.0689. The second kappa shape index (κ2) is 8.01. The van der Waals surface area contributed by atoms with E-state index in [1.165, 1.54) is 12.1 Å². The lowest BCUT2D eigenvalue weighted by Crippen LogP contribution is -2.21. The zero-order valence-electron chi connectivity index (χ0n) is 14.9. The fourth-order valence-corrected chi connectivity index (χ4v) is 4.04. The Kier molecular flexibility index (Phi) is 5.66. The Labute approximate surface area is 164 Å². The number of sulfonamides is 1. The Morgan fingerprint density at radius 2 is 1.97 bits per heavy atom. The van der Waals surface area contributed by atoms with E-state index in [4.69, 9.17) is 5.11 Å². The molecular formula is C17H17FN4O6S. The van der Waals surface area contributed by atoms with E-state index in [2.05, 4.69) is 15.4 Å². The van der Waals surface area contributed by atoms with Crippen molar-refractivity contribution in [2.75, 3.05) is 28.5 Å². The van der Waals surface area contributed by atoms with E-state index in [9.17, 15) is 27.7 Å². The van der Waals surface area contributed by atoms with Crippen molar-refractivity contribution in [3.63, 3.8) is 0 Å². The number of aryl methyl sites for hydroxylation is 1. The van der Waals surface area contributed by atoms with Gasteiger partial charge in [0.1, 0.15) is 10.7 Å². The summed E-state index contributed by atoms with van der Waals surface area (Å²) >= 11 is 0. The summed E-state index contributed by atoms with van der Waals surface area (Å²) in [6, 6.07) is 5.50. The van der Waals surface area contributed by atoms with E-state index in [1.807, 2.05) is 0 Å². The molecule has 0 unspecified atom stereocenters. The molecule has 1 aliphatic rings. The van der Waals surface area contributed by atoms with Crippen molar-refractivity contribution in [1.29, 1.82) is 0 Å². The molecule has 3 rings (SSSR count). The maximum atomic E-state index is 14.5. The normalized spacial score (nSPS) is 13.4. The Morgan fingerprint density at radius 1 is 1.21 bits per heavy atom. The fourth-order valence-electron chi connectivity index (χ4n) is 2.86. The van der Waals surface area contributed by atoms with Crippen LogP contribution in [0.15, 0.2) is 35.2 Å². The SMILES string of the molecule is O=C1CCc2cc(S(=O)(=O)Nc3cc([N+](=O)[O-])ccc3NCCO)c(F)cc2N1. The number of rotatable bonds is 7. The van der Waals surface area contributed by atoms with Gasteiger partial charge < -0.3 is 15.7 Å². The molecule has 0 atom stereocenters. The fraction of sp³-hybridized carbons (Fsp3) is 0.235. The third kappa shape index (κ3) is 4.43. The Bertz CT molecular complexity index is 1090. The molecule has 10 nitrogen and oxygen atoms in total. The summed E-state index contributed by atoms with van der Waals surface area (Å²) < 4.78 is 42.2. The maximum Gasteiger partial charge on any atom is 0.271 e. The van der Waals surface area contributed by atoms with Gasteiger partial charge in [0.2, 0.25) is 5.91 Å². The van der Waals surface area contributed by atoms with Gasteiger partial charge in [-0.25, -0.2) is 12.8 Å². The standard InChI is InChI=1S/C17H17FN4O6S/c18-12-9-14-10(1-4-17(24)20-14)7-16(12)29(27,28)21-15-8-11(22(25)26)2-3-13(15)19-5-6-23/h2-3,7-9,19,21,23H,1,4-6H2,(H,20,24). The van der Waals surface area contributed by atoms with Crippen LogP contribution in [0.4, 0.5) is 27.1 Å². The Balaban J connectivity index is 2.00. The van der Waals surface area contributed by atoms with Gasteiger partial charge in [-0.2, -0.15) is 0 Å². The first kappa shape index (κ1) is 20.5. The van der Waals surface area contributed by atoms with Crippen LogP contribution in [0.5, 0.6) is 0 Å². The molecule has 0 saturated heterocycles. The number of aliphatic hydroxyl groups excluding tert-OH is 1. The molecule has 2 aromatic rings. The number of aliphatic hydroxyl groups is 1. The van der Waals surface area contributed by atoms with Crippen molar-refractivity contribution in [2.24, 2.45) is 0 Å². The Hall–Kier alpha value is -3.25. The number of nitrogens with one attached hydrogen (secondary N) is 3. The second-order valence-corrected chi connectivity index (χ2v) is 7.88. The molecule has 0 fully saturated rings. The van der Waals surface area contributed by atoms with Gasteiger partial charge in [-0.1, -0.05) is 0 Å². The van der Waals surface area contributed by atoms with Crippen LogP contribution in [0.2, 0.25) is 0 Å². The number of hydrogen-bond acceptors (Lipinski definition) is 7. The second-order valence-electron chi connectivity index (χ2n) is 6.23. The molecule has 0 bridgehead atoms. The van der Waals surface area contributed by atoms with Crippen LogP contribution in [0.25, 0.3) is 0 Å². The number of carbonyl (C=O) groups is 1. The quantitative estimate of drug-likeness (QED) is 0.391. The predicted octanol–water partition coefficient (Wildman–Crippen LogP) is 1.82. The van der Waals surface area contributed by atoms with Crippen LogP contribution in [-0.4, -0.2) is 37.5 Å². The lowest BCUT2D eigenvalue weighted by atomic mass is 10.0. The summed E-state index contributed by atoms with van der Waals surface area (Å²) in [5, 5.41) is 25.2. The van der Waals surface area contributed by atoms with Crippen LogP contribution in [0, 0.1) is 15.9 Å². The minimum Gasteiger partial charge on any atom is -0.395 e. The largest absolute Gasteiger partial charge is 0.395 e. The molecule has 4 N–H and O–H groups in total. The van der Waals surface area contributed by atoms with Gasteiger partial charge in [-0.3, -0.25) is 19.6 Å². The van der Waals surface area contributed by atoms with E-state index in [1.54, 1.807) is 0 Å². The zero-order chi connectivity index (χ0) is 21.2. The average molecular weight is 424 g/mol. The van der Waals surface area contributed by atoms with Gasteiger partial charge >= 0.3 is 0 Å². The van der Waals surface area contributed by atoms with Gasteiger partial charge in [0.25, 0.3) is 15.7 Å². The minimum atomic E-state index is -4.44. The van der Waals surface area contributed by atoms with Gasteiger partial charge in [0.05, 0.1) is 22.9 Å². The van der Waals surface area contributed by atoms with Gasteiger partial charge in [0, 0.05) is 30.8 Å². The summed E-state index contributed by atoms with van der Waals surface area (Å²) in [6.45, 7) is -0.187. The first-order chi connectivity index (χ1) is 13.7. The highest BCUT2D eigenvalue weighted by Crippen LogP contribution is 2.32. The molecule has 0 aromatic heterocycles. The summed E-state index contributed by atoms with van der Waals surface area (Å²) in [5.74, 6) is -1.37. The topological polar surface area (TPSA) is 151 Å². The van der Waals surface area contributed by atoms with Gasteiger partial charge in [-0.05, 0) is 30.2 Å². The highest BCUT2D eigenvalue weighted by atomic mass is 32.2. The molecule has 1 aliphatic heterocycles. The first-order valence-electron chi connectivity index (χ1n) is 8.49. The maximum absolute atomic E-state index is 14.5. The number of nitrogens with zero attached hydrogens (tertiary/aromatic N) is 1. The summed E-state index contributed by atoms with van der Waals surface area (Å²) in [6.07, 6.45) is 0.399. The molecule has 12 heteroatoms. The lowest BCUT2D eigenvalue weighted by Gasteiger charge is -2.19. The van der Waals surface area contributed by atoms with E-state index in [-0.39, 0.29) is 54.7 Å². The monoisotopic (exact) mass is 424 g/mol. The van der Waals surface area contributed by atoms with Crippen molar-refractivity contribution in [1.82, 2.24) is 0 Å². The molecule has 0 radical (unpaired) electrons. The van der Waals surface area contributed by atoms with E-state index < -0.39 is 25.7 Å². The third-order valence-electron chi connectivity index (χ3n) is 4.23. The number of nitro benzene ring substituents is 1. The van der Waals surface area contributed by atoms with E-state index >= 15 is 0 Å². The number of carbonyl (C=O) groups excluding carboxylic acids is 1. The van der Waals surface area contributed by atoms with Gasteiger partial charge in [-0.15, -0.1) is 0 Å². The summed E-state index contributed by atoms with van der Waals surface area (Å²) in [4.78, 5) is 21.1. The summed E-state index contributed by atoms with van der Waals surface area (Å²) in [7, 11) is -4.44. The highest BCUT2D eigenvalue weighted by Gasteiger charge is 2.26. The lowest BCUT2D eigenvalue weighted by molar-refractivity contribution is -0.384. The molecule has 1 amide bonds. The van der Waals surface area contributed by atoms with Crippen LogP contribution >= 0.6 is 0 Å². The van der Waals surface area contributed by atoms with Crippen LogP contribution < -0.4 is 15.4 Å². The van der Waals surface area contributed by atoms with E-state index in [0.29, 0.717) is 5.56 Å². The summed E-state index contributed by atoms with van der Waals surface area (Å²) in [5.41, 5.74) is 0.310. The number of amides is 1. The number of hydrogen-bond donors (Lipinski definition) is 4. The number of fused-ring (bicyclic) bond motifs is 1. The molecule has 154 valence electrons. The zero-order valence-corrected chi connectivity index (χ0v) is 15.8. The van der Waals surface area contributed by atoms with Crippen molar-refractivity contribution >= 4 is 38.7 Å². The van der Waals surface area contributed by atoms with E-state index in [0.717, 1.165) is 18.2 Å². The third-order valence-corrected chi connectivity index (χ3v) is 5.61. The number of halogens is 1. The molecule has 0 saturated carbocycles. The van der Waals surface area contributed by atoms with Crippen molar-refractivity contribution in [3.05, 3.63) is 51.8 Å². The molecule has 0 spiro atoms. The van der Waals surface area contributed by atoms with Gasteiger partial charge in [0.15, 0.2) is 0 Å². The number of anilines is 3. The van der Waals surface area contributed by atoms with Crippen molar-refractivity contribution in [3.8, 4) is 0 Å². The number of benzene rings is 2. The molecular weight excluding hydrogens is 407 g/mol. The van der Waals surface area contributed by atoms with Crippen molar-refractivity contribution in [2.45, 2.75) is 17.7 Å². The Morgan fingerprint density at radius 3 is 2.66 bits per heavy atom. The number of nitro groups is 1. The molecule has 29 heavy (non-hydrogen) atoms. The smallest absolute Gasteiger partial charge is 0.271 e. The van der Waals surface area contributed by atoms with Crippen LogP contribution in [-0.2, 0) is 21.2 Å².